The van der Waals surface area contributed by atoms with Crippen molar-refractivity contribution >= 4 is 11.6 Å². The molecule has 0 radical (unpaired) electrons. The van der Waals surface area contributed by atoms with Crippen LogP contribution in [0.1, 0.15) is 18.4 Å². The third kappa shape index (κ3) is 4.21. The van der Waals surface area contributed by atoms with E-state index in [0.29, 0.717) is 18.8 Å². The van der Waals surface area contributed by atoms with Gasteiger partial charge in [-0.1, -0.05) is 30.3 Å². The van der Waals surface area contributed by atoms with Gasteiger partial charge < -0.3 is 20.4 Å². The molecule has 0 spiro atoms. The van der Waals surface area contributed by atoms with Crippen LogP contribution in [0.2, 0.25) is 0 Å². The van der Waals surface area contributed by atoms with Gasteiger partial charge in [-0.25, -0.2) is 9.97 Å². The first-order valence-electron chi connectivity index (χ1n) is 8.41. The molecule has 2 aromatic rings. The zero-order valence-corrected chi connectivity index (χ0v) is 13.7. The van der Waals surface area contributed by atoms with Crippen LogP contribution in [0.4, 0.5) is 11.6 Å². The van der Waals surface area contributed by atoms with Gasteiger partial charge in [-0.2, -0.15) is 0 Å². The molecule has 1 saturated heterocycles. The molecule has 0 amide bonds. The molecule has 1 fully saturated rings. The summed E-state index contributed by atoms with van der Waals surface area (Å²) in [6.07, 6.45) is 3.69. The monoisotopic (exact) mass is 328 g/mol. The largest absolute Gasteiger partial charge is 0.394 e. The zero-order chi connectivity index (χ0) is 16.8. The summed E-state index contributed by atoms with van der Waals surface area (Å²) in [7, 11) is 0. The molecule has 0 unspecified atom stereocenters. The summed E-state index contributed by atoms with van der Waals surface area (Å²) in [5.74, 6) is 1.51. The van der Waals surface area contributed by atoms with Gasteiger partial charge in [0.2, 0.25) is 0 Å². The van der Waals surface area contributed by atoms with E-state index in [9.17, 15) is 10.2 Å². The van der Waals surface area contributed by atoms with E-state index in [-0.39, 0.29) is 12.6 Å². The van der Waals surface area contributed by atoms with Crippen molar-refractivity contribution in [3.63, 3.8) is 0 Å². The lowest BCUT2D eigenvalue weighted by molar-refractivity contribution is 0.188. The highest BCUT2D eigenvalue weighted by molar-refractivity contribution is 5.49. The lowest BCUT2D eigenvalue weighted by Crippen LogP contribution is -2.32. The predicted octanol–water partition coefficient (Wildman–Crippen LogP) is 1.45. The van der Waals surface area contributed by atoms with E-state index in [1.807, 2.05) is 36.4 Å². The minimum absolute atomic E-state index is 0.136. The molecule has 128 valence electrons. The topological polar surface area (TPSA) is 81.5 Å². The number of nitrogens with zero attached hydrogens (tertiary/aromatic N) is 3. The van der Waals surface area contributed by atoms with Gasteiger partial charge in [-0.15, -0.1) is 0 Å². The quantitative estimate of drug-likeness (QED) is 0.714. The number of hydrogen-bond acceptors (Lipinski definition) is 6. The fourth-order valence-electron chi connectivity index (χ4n) is 3.11. The molecule has 24 heavy (non-hydrogen) atoms. The number of anilines is 2. The summed E-state index contributed by atoms with van der Waals surface area (Å²) >= 11 is 0. The van der Waals surface area contributed by atoms with E-state index in [0.717, 1.165) is 30.8 Å². The van der Waals surface area contributed by atoms with Gasteiger partial charge in [-0.05, 0) is 18.4 Å². The van der Waals surface area contributed by atoms with Gasteiger partial charge in [0.15, 0.2) is 0 Å². The Bertz CT molecular complexity index is 638. The fraction of sp³-hybridized carbons (Fsp3) is 0.444. The Balaban J connectivity index is 1.56. The number of hydrogen-bond donors (Lipinski definition) is 3. The summed E-state index contributed by atoms with van der Waals surface area (Å²) in [4.78, 5) is 10.7. The van der Waals surface area contributed by atoms with Crippen LogP contribution in [0.25, 0.3) is 0 Å². The lowest BCUT2D eigenvalue weighted by atomic mass is 10.1. The number of nitrogens with one attached hydrogen (secondary N) is 1. The normalized spacial score (nSPS) is 18.6. The van der Waals surface area contributed by atoms with Gasteiger partial charge in [0, 0.05) is 25.6 Å². The van der Waals surface area contributed by atoms with E-state index in [4.69, 9.17) is 0 Å². The van der Waals surface area contributed by atoms with Gasteiger partial charge in [-0.3, -0.25) is 0 Å². The second kappa shape index (κ2) is 8.08. The van der Waals surface area contributed by atoms with Gasteiger partial charge in [0.05, 0.1) is 18.8 Å². The average molecular weight is 328 g/mol. The molecular formula is C18H24N4O2. The second-order valence-electron chi connectivity index (χ2n) is 6.16. The van der Waals surface area contributed by atoms with Gasteiger partial charge in [0.1, 0.15) is 18.0 Å². The summed E-state index contributed by atoms with van der Waals surface area (Å²) in [5.41, 5.74) is 1.11. The molecule has 2 atom stereocenters. The molecule has 0 aliphatic carbocycles. The van der Waals surface area contributed by atoms with Crippen molar-refractivity contribution in [2.75, 3.05) is 29.9 Å². The first-order chi connectivity index (χ1) is 11.8. The summed E-state index contributed by atoms with van der Waals surface area (Å²) in [6.45, 7) is 1.47. The van der Waals surface area contributed by atoms with Gasteiger partial charge in [0.25, 0.3) is 0 Å². The summed E-state index contributed by atoms with van der Waals surface area (Å²) in [5, 5.41) is 22.8. The molecule has 1 aliphatic rings. The maximum Gasteiger partial charge on any atom is 0.134 e. The van der Waals surface area contributed by atoms with Crippen molar-refractivity contribution in [2.45, 2.75) is 31.4 Å². The van der Waals surface area contributed by atoms with E-state index < -0.39 is 6.10 Å². The van der Waals surface area contributed by atoms with Crippen LogP contribution in [-0.2, 0) is 6.42 Å². The predicted molar refractivity (Wildman–Crippen MR) is 94.1 cm³/mol. The highest BCUT2D eigenvalue weighted by Gasteiger charge is 2.25. The smallest absolute Gasteiger partial charge is 0.134 e. The second-order valence-corrected chi connectivity index (χ2v) is 6.16. The van der Waals surface area contributed by atoms with Crippen LogP contribution in [-0.4, -0.2) is 52.0 Å². The van der Waals surface area contributed by atoms with Crippen molar-refractivity contribution in [2.24, 2.45) is 0 Å². The van der Waals surface area contributed by atoms with Crippen LogP contribution < -0.4 is 10.2 Å². The standard InChI is InChI=1S/C18H24N4O2/c23-12-15-7-4-8-22(15)18-10-17(20-13-21-18)19-11-16(24)9-14-5-2-1-3-6-14/h1-3,5-6,10,13,15-16,23-24H,4,7-9,11-12H2,(H,19,20,21)/t15-,16-/m0/s1. The third-order valence-electron chi connectivity index (χ3n) is 4.37. The molecule has 1 aromatic heterocycles. The molecule has 3 rings (SSSR count). The first kappa shape index (κ1) is 16.7. The molecule has 2 heterocycles. The highest BCUT2D eigenvalue weighted by atomic mass is 16.3. The van der Waals surface area contributed by atoms with E-state index in [2.05, 4.69) is 20.2 Å². The Kier molecular flexibility index (Phi) is 5.61. The molecule has 0 saturated carbocycles. The summed E-state index contributed by atoms with van der Waals surface area (Å²) in [6, 6.07) is 11.9. The Morgan fingerprint density at radius 2 is 2.08 bits per heavy atom. The Labute approximate surface area is 142 Å². The van der Waals surface area contributed by atoms with Crippen molar-refractivity contribution in [3.05, 3.63) is 48.3 Å². The van der Waals surface area contributed by atoms with Crippen LogP contribution in [0.5, 0.6) is 0 Å². The van der Waals surface area contributed by atoms with E-state index in [1.165, 1.54) is 6.33 Å². The molecule has 3 N–H and O–H groups in total. The van der Waals surface area contributed by atoms with Crippen LogP contribution in [0.15, 0.2) is 42.7 Å². The molecule has 6 nitrogen and oxygen atoms in total. The molecule has 0 bridgehead atoms. The van der Waals surface area contributed by atoms with Crippen molar-refractivity contribution in [1.29, 1.82) is 0 Å². The number of benzene rings is 1. The molecule has 1 aromatic carbocycles. The minimum atomic E-state index is -0.484. The SMILES string of the molecule is OC[C@@H]1CCCN1c1cc(NC[C@@H](O)Cc2ccccc2)ncn1. The van der Waals surface area contributed by atoms with E-state index >= 15 is 0 Å². The number of aromatic nitrogens is 2. The Morgan fingerprint density at radius 1 is 1.25 bits per heavy atom. The fourth-order valence-corrected chi connectivity index (χ4v) is 3.11. The van der Waals surface area contributed by atoms with Crippen LogP contribution >= 0.6 is 0 Å². The van der Waals surface area contributed by atoms with Crippen LogP contribution in [0, 0.1) is 0 Å². The molecule has 6 heteroatoms. The number of aliphatic hydroxyl groups is 2. The lowest BCUT2D eigenvalue weighted by Gasteiger charge is -2.24. The van der Waals surface area contributed by atoms with Crippen molar-refractivity contribution in [3.8, 4) is 0 Å². The first-order valence-corrected chi connectivity index (χ1v) is 8.41. The number of aliphatic hydroxyl groups excluding tert-OH is 2. The van der Waals surface area contributed by atoms with Gasteiger partial charge >= 0.3 is 0 Å². The molecule has 1 aliphatic heterocycles. The van der Waals surface area contributed by atoms with Crippen molar-refractivity contribution < 1.29 is 10.2 Å². The Hall–Kier alpha value is -2.18. The third-order valence-corrected chi connectivity index (χ3v) is 4.37. The number of rotatable bonds is 7. The maximum absolute atomic E-state index is 10.2. The highest BCUT2D eigenvalue weighted by Crippen LogP contribution is 2.24. The summed E-state index contributed by atoms with van der Waals surface area (Å²) < 4.78 is 0. The van der Waals surface area contributed by atoms with Crippen molar-refractivity contribution in [1.82, 2.24) is 9.97 Å². The Morgan fingerprint density at radius 3 is 2.88 bits per heavy atom. The molecular weight excluding hydrogens is 304 g/mol. The minimum Gasteiger partial charge on any atom is -0.394 e. The maximum atomic E-state index is 10.2. The average Bonchev–Trinajstić information content (AvgIpc) is 3.10. The van der Waals surface area contributed by atoms with E-state index in [1.54, 1.807) is 0 Å². The zero-order valence-electron chi connectivity index (χ0n) is 13.7. The van der Waals surface area contributed by atoms with Crippen LogP contribution in [0.3, 0.4) is 0 Å².